The van der Waals surface area contributed by atoms with Crippen molar-refractivity contribution in [3.8, 4) is 0 Å². The number of rotatable bonds is 3. The average Bonchev–Trinajstić information content (AvgIpc) is 2.81. The summed E-state index contributed by atoms with van der Waals surface area (Å²) in [5, 5.41) is -0.747. The van der Waals surface area contributed by atoms with Gasteiger partial charge in [-0.25, -0.2) is 0 Å². The first kappa shape index (κ1) is 11.2. The molecule has 1 fully saturated rings. The molecule has 0 N–H and O–H groups in total. The predicted octanol–water partition coefficient (Wildman–Crippen LogP) is 2.24. The van der Waals surface area contributed by atoms with E-state index in [0.29, 0.717) is 6.61 Å². The minimum atomic E-state index is -3.12. The molecule has 0 saturated carbocycles. The van der Waals surface area contributed by atoms with Gasteiger partial charge in [0.15, 0.2) is 5.34 Å². The van der Waals surface area contributed by atoms with E-state index in [1.807, 2.05) is 20.8 Å². The molecule has 1 saturated heterocycles. The molecule has 0 aromatic carbocycles. The smallest absolute Gasteiger partial charge is 0.356 e. The van der Waals surface area contributed by atoms with E-state index in [1.54, 1.807) is 0 Å². The van der Waals surface area contributed by atoms with E-state index < -0.39 is 12.9 Å². The second kappa shape index (κ2) is 3.06. The average molecular weight is 208 g/mol. The maximum absolute atomic E-state index is 12.1. The lowest BCUT2D eigenvalue weighted by Gasteiger charge is -2.31. The summed E-state index contributed by atoms with van der Waals surface area (Å²) in [7, 11) is -0.340. The van der Waals surface area contributed by atoms with Crippen LogP contribution in [0.5, 0.6) is 0 Å². The lowest BCUT2D eigenvalue weighted by Crippen LogP contribution is -2.31. The van der Waals surface area contributed by atoms with Crippen LogP contribution in [0, 0.1) is 5.41 Å². The molecule has 0 aromatic rings. The van der Waals surface area contributed by atoms with Crippen LogP contribution in [0.1, 0.15) is 20.8 Å². The summed E-state index contributed by atoms with van der Waals surface area (Å²) >= 11 is 0. The van der Waals surface area contributed by atoms with Gasteiger partial charge in [-0.15, -0.1) is 0 Å². The molecular weight excluding hydrogens is 191 g/mol. The van der Waals surface area contributed by atoms with E-state index in [1.165, 1.54) is 14.2 Å². The number of hydrogen-bond acceptors (Lipinski definition) is 4. The van der Waals surface area contributed by atoms with Gasteiger partial charge in [-0.3, -0.25) is 4.57 Å². The van der Waals surface area contributed by atoms with E-state index in [4.69, 9.17) is 13.8 Å². The standard InChI is InChI=1S/C8H17O4P/c1-7(2,3)8(6-12-8)13(9,10-4)11-5/h6H2,1-5H3/t8-/m1/s1. The topological polar surface area (TPSA) is 48.1 Å². The molecule has 0 aromatic heterocycles. The van der Waals surface area contributed by atoms with E-state index in [2.05, 4.69) is 0 Å². The fraction of sp³-hybridized carbons (Fsp3) is 1.00. The van der Waals surface area contributed by atoms with Crippen LogP contribution < -0.4 is 0 Å². The van der Waals surface area contributed by atoms with Gasteiger partial charge in [0, 0.05) is 19.6 Å². The van der Waals surface area contributed by atoms with E-state index in [-0.39, 0.29) is 5.41 Å². The fourth-order valence-corrected chi connectivity index (χ4v) is 3.38. The zero-order valence-electron chi connectivity index (χ0n) is 8.79. The van der Waals surface area contributed by atoms with Crippen molar-refractivity contribution in [1.82, 2.24) is 0 Å². The second-order valence-electron chi connectivity index (χ2n) is 4.19. The summed E-state index contributed by atoms with van der Waals surface area (Å²) in [6, 6.07) is 0. The van der Waals surface area contributed by atoms with Crippen LogP contribution in [0.4, 0.5) is 0 Å². The summed E-state index contributed by atoms with van der Waals surface area (Å²) in [4.78, 5) is 0. The van der Waals surface area contributed by atoms with Crippen molar-refractivity contribution >= 4 is 7.60 Å². The first-order valence-corrected chi connectivity index (χ1v) is 5.73. The molecule has 1 rings (SSSR count). The molecule has 1 atom stereocenters. The summed E-state index contributed by atoms with van der Waals surface area (Å²) in [5.41, 5.74) is -0.242. The van der Waals surface area contributed by atoms with Crippen LogP contribution in [0.15, 0.2) is 0 Å². The number of ether oxygens (including phenoxy) is 1. The van der Waals surface area contributed by atoms with Crippen molar-refractivity contribution < 1.29 is 18.3 Å². The third kappa shape index (κ3) is 1.46. The molecule has 1 heterocycles. The highest BCUT2D eigenvalue weighted by molar-refractivity contribution is 7.55. The second-order valence-corrected chi connectivity index (χ2v) is 6.63. The fourth-order valence-electron chi connectivity index (χ4n) is 1.44. The molecular formula is C8H17O4P. The quantitative estimate of drug-likeness (QED) is 0.527. The van der Waals surface area contributed by atoms with E-state index >= 15 is 0 Å². The normalized spacial score (nSPS) is 29.0. The number of hydrogen-bond donors (Lipinski definition) is 0. The minimum absolute atomic E-state index is 0.242. The molecule has 0 amide bonds. The maximum Gasteiger partial charge on any atom is 0.364 e. The molecule has 78 valence electrons. The minimum Gasteiger partial charge on any atom is -0.356 e. The Morgan fingerprint density at radius 3 is 1.77 bits per heavy atom. The van der Waals surface area contributed by atoms with E-state index in [0.717, 1.165) is 0 Å². The third-order valence-corrected chi connectivity index (χ3v) is 5.29. The Hall–Kier alpha value is 0.110. The molecule has 1 aliphatic rings. The molecule has 0 spiro atoms. The van der Waals surface area contributed by atoms with Gasteiger partial charge in [0.05, 0.1) is 6.61 Å². The zero-order valence-corrected chi connectivity index (χ0v) is 9.68. The predicted molar refractivity (Wildman–Crippen MR) is 49.8 cm³/mol. The van der Waals surface area contributed by atoms with Gasteiger partial charge >= 0.3 is 7.60 Å². The summed E-state index contributed by atoms with van der Waals surface area (Å²) < 4.78 is 27.3. The van der Waals surface area contributed by atoms with Crippen molar-refractivity contribution in [2.75, 3.05) is 20.8 Å². The van der Waals surface area contributed by atoms with Gasteiger partial charge in [-0.2, -0.15) is 0 Å². The van der Waals surface area contributed by atoms with Crippen LogP contribution in [-0.2, 0) is 18.3 Å². The lowest BCUT2D eigenvalue weighted by atomic mass is 9.92. The first-order chi connectivity index (χ1) is 5.83. The SMILES string of the molecule is COP(=O)(OC)[C@@]1(C(C)(C)C)CO1. The zero-order chi connectivity index (χ0) is 10.3. The highest BCUT2D eigenvalue weighted by Crippen LogP contribution is 2.71. The molecule has 4 nitrogen and oxygen atoms in total. The van der Waals surface area contributed by atoms with Crippen molar-refractivity contribution in [3.63, 3.8) is 0 Å². The van der Waals surface area contributed by atoms with Crippen LogP contribution >= 0.6 is 7.60 Å². The summed E-state index contributed by atoms with van der Waals surface area (Å²) in [6.07, 6.45) is 0. The monoisotopic (exact) mass is 208 g/mol. The Bertz CT molecular complexity index is 231. The first-order valence-electron chi connectivity index (χ1n) is 4.18. The highest BCUT2D eigenvalue weighted by atomic mass is 31.2. The van der Waals surface area contributed by atoms with Crippen molar-refractivity contribution in [2.45, 2.75) is 26.1 Å². The van der Waals surface area contributed by atoms with Gasteiger partial charge in [0.25, 0.3) is 0 Å². The van der Waals surface area contributed by atoms with Crippen molar-refractivity contribution in [3.05, 3.63) is 0 Å². The molecule has 13 heavy (non-hydrogen) atoms. The molecule has 1 aliphatic heterocycles. The van der Waals surface area contributed by atoms with Gasteiger partial charge in [0.1, 0.15) is 0 Å². The Morgan fingerprint density at radius 2 is 1.69 bits per heavy atom. The van der Waals surface area contributed by atoms with Crippen molar-refractivity contribution in [1.29, 1.82) is 0 Å². The van der Waals surface area contributed by atoms with Gasteiger partial charge in [-0.1, -0.05) is 20.8 Å². The van der Waals surface area contributed by atoms with Crippen LogP contribution in [-0.4, -0.2) is 26.2 Å². The molecule has 5 heteroatoms. The molecule has 0 radical (unpaired) electrons. The Balaban J connectivity index is 2.99. The van der Waals surface area contributed by atoms with E-state index in [9.17, 15) is 4.57 Å². The third-order valence-electron chi connectivity index (χ3n) is 2.51. The van der Waals surface area contributed by atoms with Gasteiger partial charge in [0.2, 0.25) is 0 Å². The highest BCUT2D eigenvalue weighted by Gasteiger charge is 2.68. The number of epoxide rings is 1. The van der Waals surface area contributed by atoms with Gasteiger partial charge < -0.3 is 13.8 Å². The Morgan fingerprint density at radius 1 is 1.31 bits per heavy atom. The summed E-state index contributed by atoms with van der Waals surface area (Å²) in [6.45, 7) is 6.33. The molecule has 0 unspecified atom stereocenters. The van der Waals surface area contributed by atoms with Crippen molar-refractivity contribution in [2.24, 2.45) is 5.41 Å². The maximum atomic E-state index is 12.1. The Kier molecular flexibility index (Phi) is 2.63. The lowest BCUT2D eigenvalue weighted by molar-refractivity contribution is 0.162. The van der Waals surface area contributed by atoms with Crippen LogP contribution in [0.3, 0.4) is 0 Å². The Labute approximate surface area is 79.1 Å². The molecule has 0 aliphatic carbocycles. The summed E-state index contributed by atoms with van der Waals surface area (Å²) in [5.74, 6) is 0. The molecule has 0 bridgehead atoms. The van der Waals surface area contributed by atoms with Crippen LogP contribution in [0.25, 0.3) is 0 Å². The van der Waals surface area contributed by atoms with Crippen LogP contribution in [0.2, 0.25) is 0 Å². The largest absolute Gasteiger partial charge is 0.364 e. The van der Waals surface area contributed by atoms with Gasteiger partial charge in [-0.05, 0) is 0 Å².